The number of amides is 4. The number of aliphatic carboxylic acids is 1. The molecule has 0 saturated carbocycles. The minimum Gasteiger partial charge on any atom is -0.479 e. The number of likely N-dealkylation sites (tertiary alicyclic amines) is 1. The molecule has 2 aliphatic heterocycles. The molecule has 40 heavy (non-hydrogen) atoms. The van der Waals surface area contributed by atoms with E-state index >= 15 is 0 Å². The summed E-state index contributed by atoms with van der Waals surface area (Å²) >= 11 is 0. The summed E-state index contributed by atoms with van der Waals surface area (Å²) in [5.41, 5.74) is 6.95. The Morgan fingerprint density at radius 2 is 1.95 bits per heavy atom. The Kier molecular flexibility index (Phi) is 10.6. The third-order valence-electron chi connectivity index (χ3n) is 7.04. The molecule has 4 amide bonds. The summed E-state index contributed by atoms with van der Waals surface area (Å²) < 4.78 is 11.3. The summed E-state index contributed by atoms with van der Waals surface area (Å²) in [7, 11) is 0. The van der Waals surface area contributed by atoms with Gasteiger partial charge in [0.2, 0.25) is 29.9 Å². The fourth-order valence-corrected chi connectivity index (χ4v) is 4.72. The lowest BCUT2D eigenvalue weighted by Crippen LogP contribution is -2.53. The molecule has 3 rings (SSSR count). The highest BCUT2D eigenvalue weighted by molar-refractivity contribution is 6.07. The predicted octanol–water partition coefficient (Wildman–Crippen LogP) is 0.382. The van der Waals surface area contributed by atoms with E-state index in [4.69, 9.17) is 15.2 Å². The first-order chi connectivity index (χ1) is 18.9. The average Bonchev–Trinajstić information content (AvgIpc) is 3.19. The van der Waals surface area contributed by atoms with Crippen molar-refractivity contribution in [2.45, 2.75) is 77.4 Å². The minimum absolute atomic E-state index is 0.0335. The number of ether oxygens (including phenoxy) is 2. The molecule has 2 fully saturated rings. The summed E-state index contributed by atoms with van der Waals surface area (Å²) in [5, 5.41) is 24.6. The number of hydrogen-bond donors (Lipinski definition) is 5. The van der Waals surface area contributed by atoms with E-state index in [9.17, 15) is 34.2 Å². The van der Waals surface area contributed by atoms with E-state index in [1.165, 1.54) is 0 Å². The zero-order chi connectivity index (χ0) is 29.6. The molecule has 5 atom stereocenters. The van der Waals surface area contributed by atoms with Crippen LogP contribution < -0.4 is 21.1 Å². The summed E-state index contributed by atoms with van der Waals surface area (Å²) in [6, 6.07) is 3.96. The molecule has 0 radical (unpaired) electrons. The Morgan fingerprint density at radius 1 is 1.23 bits per heavy atom. The van der Waals surface area contributed by atoms with Gasteiger partial charge in [-0.25, -0.2) is 4.79 Å². The number of carboxylic acids is 1. The second-order valence-electron chi connectivity index (χ2n) is 10.3. The highest BCUT2D eigenvalue weighted by Gasteiger charge is 2.45. The van der Waals surface area contributed by atoms with Gasteiger partial charge in [0.1, 0.15) is 11.8 Å². The van der Waals surface area contributed by atoms with Gasteiger partial charge < -0.3 is 36.1 Å². The van der Waals surface area contributed by atoms with Crippen LogP contribution in [0, 0.1) is 11.8 Å². The molecule has 2 aliphatic rings. The number of benzene rings is 1. The van der Waals surface area contributed by atoms with Crippen LogP contribution in [0.4, 0.5) is 5.69 Å². The lowest BCUT2D eigenvalue weighted by Gasteiger charge is -2.31. The first-order valence-electron chi connectivity index (χ1n) is 13.4. The van der Waals surface area contributed by atoms with Crippen LogP contribution in [0.15, 0.2) is 18.2 Å². The molecule has 0 aromatic heterocycles. The number of aliphatic hydroxyl groups excluding tert-OH is 1. The number of aliphatic hydroxyl groups is 1. The summed E-state index contributed by atoms with van der Waals surface area (Å²) in [4.78, 5) is 62.9. The molecule has 1 aromatic rings. The summed E-state index contributed by atoms with van der Waals surface area (Å²) in [5.74, 6) is -3.47. The van der Waals surface area contributed by atoms with Gasteiger partial charge in [-0.15, -0.1) is 0 Å². The van der Waals surface area contributed by atoms with E-state index in [2.05, 4.69) is 10.6 Å². The van der Waals surface area contributed by atoms with Crippen molar-refractivity contribution in [2.24, 2.45) is 17.6 Å². The van der Waals surface area contributed by atoms with Gasteiger partial charge in [0, 0.05) is 44.7 Å². The number of carbonyl (C=O) groups excluding carboxylic acids is 4. The first-order valence-corrected chi connectivity index (χ1v) is 13.4. The Labute approximate surface area is 232 Å². The molecule has 1 aromatic carbocycles. The van der Waals surface area contributed by atoms with Crippen LogP contribution in [-0.4, -0.2) is 82.3 Å². The number of nitrogens with zero attached hydrogens (tertiary/aromatic N) is 1. The molecule has 0 aliphatic carbocycles. The highest BCUT2D eigenvalue weighted by Crippen LogP contribution is 2.31. The molecule has 2 heterocycles. The number of rotatable bonds is 12. The van der Waals surface area contributed by atoms with Crippen molar-refractivity contribution in [1.29, 1.82) is 0 Å². The standard InChI is InChI=1S/C27H38N4O9/c1-4-15-5-6-20(39-24-11-16(32)10-21(40-24)27(37)38)18(9-15)30-22(33)7-8-29-25(35)19(13-28)31-23(34)12-17(14(2)3)26(31)36/h5-6,9,14,16-17,19,21,24,32H,4,7-8,10-13,28H2,1-3H3,(H,29,35)(H,30,33)(H,37,38). The molecule has 13 heteroatoms. The average molecular weight is 563 g/mol. The Hall–Kier alpha value is -3.55. The molecule has 0 spiro atoms. The smallest absolute Gasteiger partial charge is 0.333 e. The fraction of sp³-hybridized carbons (Fsp3) is 0.593. The Morgan fingerprint density at radius 3 is 2.55 bits per heavy atom. The van der Waals surface area contributed by atoms with Crippen LogP contribution in [0.25, 0.3) is 0 Å². The number of anilines is 1. The predicted molar refractivity (Wildman–Crippen MR) is 142 cm³/mol. The molecule has 220 valence electrons. The van der Waals surface area contributed by atoms with Crippen molar-refractivity contribution in [1.82, 2.24) is 10.2 Å². The Bertz CT molecular complexity index is 1130. The fourth-order valence-electron chi connectivity index (χ4n) is 4.72. The quantitative estimate of drug-likeness (QED) is 0.222. The SMILES string of the molecule is CCc1ccc(OC2CC(O)CC(C(=O)O)O2)c(NC(=O)CCNC(=O)C(CN)N2C(=O)CC(C(C)C)C2=O)c1. The molecule has 2 saturated heterocycles. The number of carbonyl (C=O) groups is 5. The van der Waals surface area contributed by atoms with Crippen molar-refractivity contribution in [2.75, 3.05) is 18.4 Å². The van der Waals surface area contributed by atoms with E-state index in [-0.39, 0.29) is 50.4 Å². The first kappa shape index (κ1) is 31.0. The van der Waals surface area contributed by atoms with Crippen LogP contribution in [0.3, 0.4) is 0 Å². The van der Waals surface area contributed by atoms with Gasteiger partial charge in [-0.1, -0.05) is 26.8 Å². The monoisotopic (exact) mass is 562 g/mol. The van der Waals surface area contributed by atoms with E-state index in [1.807, 2.05) is 20.8 Å². The molecule has 0 bridgehead atoms. The van der Waals surface area contributed by atoms with Crippen molar-refractivity contribution in [3.8, 4) is 5.75 Å². The van der Waals surface area contributed by atoms with Gasteiger partial charge in [-0.3, -0.25) is 24.1 Å². The molecular weight excluding hydrogens is 524 g/mol. The molecule has 13 nitrogen and oxygen atoms in total. The Balaban J connectivity index is 1.60. The van der Waals surface area contributed by atoms with E-state index in [0.29, 0.717) is 12.1 Å². The van der Waals surface area contributed by atoms with Crippen LogP contribution in [-0.2, 0) is 35.1 Å². The summed E-state index contributed by atoms with van der Waals surface area (Å²) in [6.45, 7) is 5.28. The highest BCUT2D eigenvalue weighted by atomic mass is 16.7. The molecule has 6 N–H and O–H groups in total. The van der Waals surface area contributed by atoms with Gasteiger partial charge in [0.05, 0.1) is 11.8 Å². The van der Waals surface area contributed by atoms with Crippen molar-refractivity contribution in [3.63, 3.8) is 0 Å². The maximum absolute atomic E-state index is 12.8. The van der Waals surface area contributed by atoms with Gasteiger partial charge in [0.25, 0.3) is 0 Å². The lowest BCUT2D eigenvalue weighted by atomic mass is 9.94. The number of aryl methyl sites for hydroxylation is 1. The van der Waals surface area contributed by atoms with Crippen molar-refractivity contribution in [3.05, 3.63) is 23.8 Å². The van der Waals surface area contributed by atoms with Crippen LogP contribution >= 0.6 is 0 Å². The van der Waals surface area contributed by atoms with E-state index < -0.39 is 60.1 Å². The molecular formula is C27H38N4O9. The van der Waals surface area contributed by atoms with Crippen LogP contribution in [0.5, 0.6) is 5.75 Å². The second-order valence-corrected chi connectivity index (χ2v) is 10.3. The van der Waals surface area contributed by atoms with Gasteiger partial charge in [0.15, 0.2) is 6.10 Å². The van der Waals surface area contributed by atoms with Gasteiger partial charge in [-0.05, 0) is 30.0 Å². The summed E-state index contributed by atoms with van der Waals surface area (Å²) in [6.07, 6.45) is -2.59. The van der Waals surface area contributed by atoms with Crippen molar-refractivity contribution < 1.29 is 43.7 Å². The second kappa shape index (κ2) is 13.7. The van der Waals surface area contributed by atoms with Crippen molar-refractivity contribution >= 4 is 35.3 Å². The number of nitrogens with two attached hydrogens (primary N) is 1. The number of nitrogens with one attached hydrogen (secondary N) is 2. The number of carboxylic acid groups (broad SMARTS) is 1. The lowest BCUT2D eigenvalue weighted by molar-refractivity contribution is -0.195. The van der Waals surface area contributed by atoms with E-state index in [1.54, 1.807) is 18.2 Å². The zero-order valence-corrected chi connectivity index (χ0v) is 22.9. The largest absolute Gasteiger partial charge is 0.479 e. The topological polar surface area (TPSA) is 198 Å². The maximum atomic E-state index is 12.8. The van der Waals surface area contributed by atoms with Crippen LogP contribution in [0.1, 0.15) is 52.0 Å². The maximum Gasteiger partial charge on any atom is 0.333 e. The minimum atomic E-state index is -1.22. The number of hydrogen-bond acceptors (Lipinski definition) is 9. The van der Waals surface area contributed by atoms with Gasteiger partial charge >= 0.3 is 5.97 Å². The zero-order valence-electron chi connectivity index (χ0n) is 22.9. The molecule has 5 unspecified atom stereocenters. The van der Waals surface area contributed by atoms with Crippen LogP contribution in [0.2, 0.25) is 0 Å². The third kappa shape index (κ3) is 7.55. The number of imide groups is 1. The third-order valence-corrected chi connectivity index (χ3v) is 7.04. The van der Waals surface area contributed by atoms with E-state index in [0.717, 1.165) is 10.5 Å². The van der Waals surface area contributed by atoms with Gasteiger partial charge in [-0.2, -0.15) is 0 Å². The normalized spacial score (nSPS) is 23.7.